The van der Waals surface area contributed by atoms with Crippen LogP contribution in [-0.4, -0.2) is 20.3 Å². The highest BCUT2D eigenvalue weighted by Gasteiger charge is 2.25. The van der Waals surface area contributed by atoms with Crippen molar-refractivity contribution in [1.82, 2.24) is 0 Å². The van der Waals surface area contributed by atoms with Crippen molar-refractivity contribution in [3.8, 4) is 11.5 Å². The summed E-state index contributed by atoms with van der Waals surface area (Å²) in [5, 5.41) is 0. The van der Waals surface area contributed by atoms with E-state index >= 15 is 0 Å². The zero-order chi connectivity index (χ0) is 11.5. The third-order valence-electron chi connectivity index (χ3n) is 3.35. The van der Waals surface area contributed by atoms with Gasteiger partial charge in [-0.05, 0) is 43.4 Å². The van der Waals surface area contributed by atoms with Crippen molar-refractivity contribution in [2.24, 2.45) is 5.73 Å². The minimum Gasteiger partial charge on any atom is -0.497 e. The van der Waals surface area contributed by atoms with E-state index in [2.05, 4.69) is 6.07 Å². The Morgan fingerprint density at radius 2 is 2.00 bits per heavy atom. The van der Waals surface area contributed by atoms with Crippen LogP contribution in [0, 0.1) is 0 Å². The van der Waals surface area contributed by atoms with Gasteiger partial charge in [-0.15, -0.1) is 0 Å². The molecule has 1 aliphatic rings. The monoisotopic (exact) mass is 221 g/mol. The van der Waals surface area contributed by atoms with Crippen molar-refractivity contribution >= 4 is 0 Å². The Hall–Kier alpha value is -1.22. The second-order valence-electron chi connectivity index (χ2n) is 4.38. The Bertz CT molecular complexity index is 365. The van der Waals surface area contributed by atoms with E-state index in [0.717, 1.165) is 30.8 Å². The molecule has 2 atom stereocenters. The molecular formula is C13H19NO2. The number of rotatable bonds is 3. The second-order valence-corrected chi connectivity index (χ2v) is 4.38. The van der Waals surface area contributed by atoms with Gasteiger partial charge in [0.1, 0.15) is 11.5 Å². The smallest absolute Gasteiger partial charge is 0.122 e. The lowest BCUT2D eigenvalue weighted by atomic mass is 9.96. The van der Waals surface area contributed by atoms with E-state index in [0.29, 0.717) is 12.0 Å². The van der Waals surface area contributed by atoms with E-state index in [1.54, 1.807) is 14.2 Å². The molecular weight excluding hydrogens is 202 g/mol. The largest absolute Gasteiger partial charge is 0.497 e. The minimum absolute atomic E-state index is 0.334. The number of hydrogen-bond acceptors (Lipinski definition) is 3. The van der Waals surface area contributed by atoms with E-state index in [9.17, 15) is 0 Å². The fraction of sp³-hybridized carbons (Fsp3) is 0.538. The molecule has 0 radical (unpaired) electrons. The molecule has 0 heterocycles. The molecule has 88 valence electrons. The molecule has 1 fully saturated rings. The van der Waals surface area contributed by atoms with E-state index < -0.39 is 0 Å². The van der Waals surface area contributed by atoms with Crippen LogP contribution in [0.1, 0.15) is 30.7 Å². The highest BCUT2D eigenvalue weighted by molar-refractivity contribution is 5.43. The van der Waals surface area contributed by atoms with Gasteiger partial charge in [0.25, 0.3) is 0 Å². The molecule has 0 saturated heterocycles. The Kier molecular flexibility index (Phi) is 3.34. The molecule has 1 saturated carbocycles. The summed E-state index contributed by atoms with van der Waals surface area (Å²) in [6.07, 6.45) is 3.29. The molecule has 0 bridgehead atoms. The van der Waals surface area contributed by atoms with E-state index in [-0.39, 0.29) is 0 Å². The summed E-state index contributed by atoms with van der Waals surface area (Å²) in [6.45, 7) is 0. The van der Waals surface area contributed by atoms with Gasteiger partial charge >= 0.3 is 0 Å². The Morgan fingerprint density at radius 1 is 1.19 bits per heavy atom. The molecule has 3 heteroatoms. The van der Waals surface area contributed by atoms with Gasteiger partial charge in [-0.3, -0.25) is 0 Å². The maximum absolute atomic E-state index is 5.95. The summed E-state index contributed by atoms with van der Waals surface area (Å²) in [7, 11) is 3.40. The van der Waals surface area contributed by atoms with Crippen LogP contribution < -0.4 is 15.2 Å². The average molecular weight is 221 g/mol. The summed E-state index contributed by atoms with van der Waals surface area (Å²) in [5.41, 5.74) is 7.18. The third kappa shape index (κ3) is 2.14. The zero-order valence-electron chi connectivity index (χ0n) is 9.90. The van der Waals surface area contributed by atoms with Crippen LogP contribution >= 0.6 is 0 Å². The first kappa shape index (κ1) is 11.3. The van der Waals surface area contributed by atoms with E-state index in [1.807, 2.05) is 12.1 Å². The van der Waals surface area contributed by atoms with Gasteiger partial charge in [-0.1, -0.05) is 0 Å². The van der Waals surface area contributed by atoms with Gasteiger partial charge in [0, 0.05) is 11.6 Å². The van der Waals surface area contributed by atoms with Crippen molar-refractivity contribution in [1.29, 1.82) is 0 Å². The van der Waals surface area contributed by atoms with E-state index in [4.69, 9.17) is 15.2 Å². The maximum atomic E-state index is 5.95. The number of hydrogen-bond donors (Lipinski definition) is 1. The maximum Gasteiger partial charge on any atom is 0.122 e. The lowest BCUT2D eigenvalue weighted by Gasteiger charge is -2.15. The van der Waals surface area contributed by atoms with Crippen LogP contribution in [0.5, 0.6) is 11.5 Å². The van der Waals surface area contributed by atoms with Crippen LogP contribution in [-0.2, 0) is 0 Å². The van der Waals surface area contributed by atoms with Crippen molar-refractivity contribution in [2.45, 2.75) is 31.2 Å². The Balaban J connectivity index is 2.29. The SMILES string of the molecule is COc1ccc(OC)c(C2CCC(N)C2)c1. The minimum atomic E-state index is 0.334. The highest BCUT2D eigenvalue weighted by atomic mass is 16.5. The summed E-state index contributed by atoms with van der Waals surface area (Å²) in [5.74, 6) is 2.34. The molecule has 2 unspecified atom stereocenters. The van der Waals surface area contributed by atoms with Gasteiger partial charge < -0.3 is 15.2 Å². The van der Waals surface area contributed by atoms with Crippen LogP contribution in [0.2, 0.25) is 0 Å². The lowest BCUT2D eigenvalue weighted by Crippen LogP contribution is -2.14. The van der Waals surface area contributed by atoms with Gasteiger partial charge in [0.15, 0.2) is 0 Å². The number of ether oxygens (including phenoxy) is 2. The van der Waals surface area contributed by atoms with Gasteiger partial charge in [-0.2, -0.15) is 0 Å². The first-order valence-corrected chi connectivity index (χ1v) is 5.72. The van der Waals surface area contributed by atoms with Crippen molar-refractivity contribution in [3.05, 3.63) is 23.8 Å². The Labute approximate surface area is 96.5 Å². The summed E-state index contributed by atoms with van der Waals surface area (Å²) >= 11 is 0. The van der Waals surface area contributed by atoms with Crippen LogP contribution in [0.3, 0.4) is 0 Å². The predicted octanol–water partition coefficient (Wildman–Crippen LogP) is 2.30. The quantitative estimate of drug-likeness (QED) is 0.851. The fourth-order valence-electron chi connectivity index (χ4n) is 2.46. The standard InChI is InChI=1S/C13H19NO2/c1-15-11-5-6-13(16-2)12(8-11)9-3-4-10(14)7-9/h5-6,8-10H,3-4,7,14H2,1-2H3. The molecule has 0 amide bonds. The van der Waals surface area contributed by atoms with Crippen molar-refractivity contribution < 1.29 is 9.47 Å². The predicted molar refractivity (Wildman–Crippen MR) is 64.1 cm³/mol. The molecule has 0 aliphatic heterocycles. The normalized spacial score (nSPS) is 24.4. The summed E-state index contributed by atoms with van der Waals surface area (Å²) in [4.78, 5) is 0. The van der Waals surface area contributed by atoms with Crippen molar-refractivity contribution in [2.75, 3.05) is 14.2 Å². The molecule has 2 rings (SSSR count). The van der Waals surface area contributed by atoms with Gasteiger partial charge in [0.2, 0.25) is 0 Å². The van der Waals surface area contributed by atoms with Gasteiger partial charge in [0.05, 0.1) is 14.2 Å². The van der Waals surface area contributed by atoms with Crippen LogP contribution in [0.4, 0.5) is 0 Å². The van der Waals surface area contributed by atoms with Crippen LogP contribution in [0.25, 0.3) is 0 Å². The number of methoxy groups -OCH3 is 2. The van der Waals surface area contributed by atoms with Crippen molar-refractivity contribution in [3.63, 3.8) is 0 Å². The van der Waals surface area contributed by atoms with Gasteiger partial charge in [-0.25, -0.2) is 0 Å². The molecule has 3 nitrogen and oxygen atoms in total. The number of benzene rings is 1. The summed E-state index contributed by atoms with van der Waals surface area (Å²) in [6, 6.07) is 6.30. The molecule has 0 spiro atoms. The Morgan fingerprint density at radius 3 is 2.56 bits per heavy atom. The molecule has 0 aromatic heterocycles. The first-order valence-electron chi connectivity index (χ1n) is 5.72. The molecule has 1 aliphatic carbocycles. The average Bonchev–Trinajstić information content (AvgIpc) is 2.75. The third-order valence-corrected chi connectivity index (χ3v) is 3.35. The first-order chi connectivity index (χ1) is 7.74. The number of nitrogens with two attached hydrogens (primary N) is 1. The van der Waals surface area contributed by atoms with Crippen LogP contribution in [0.15, 0.2) is 18.2 Å². The van der Waals surface area contributed by atoms with E-state index in [1.165, 1.54) is 5.56 Å². The summed E-state index contributed by atoms with van der Waals surface area (Å²) < 4.78 is 10.7. The molecule has 1 aromatic carbocycles. The zero-order valence-corrected chi connectivity index (χ0v) is 9.90. The molecule has 1 aromatic rings. The fourth-order valence-corrected chi connectivity index (χ4v) is 2.46. The topological polar surface area (TPSA) is 44.5 Å². The molecule has 16 heavy (non-hydrogen) atoms. The highest BCUT2D eigenvalue weighted by Crippen LogP contribution is 2.39. The molecule has 2 N–H and O–H groups in total. The second kappa shape index (κ2) is 4.74. The lowest BCUT2D eigenvalue weighted by molar-refractivity contribution is 0.395.